The Morgan fingerprint density at radius 1 is 1.33 bits per heavy atom. The molecule has 1 aliphatic rings. The molecule has 1 aliphatic heterocycles. The number of nitrogens with zero attached hydrogens (tertiary/aromatic N) is 1. The first-order chi connectivity index (χ1) is 11.4. The van der Waals surface area contributed by atoms with E-state index in [2.05, 4.69) is 5.32 Å². The number of amides is 2. The van der Waals surface area contributed by atoms with Gasteiger partial charge in [0.15, 0.2) is 11.5 Å². The molecule has 1 saturated heterocycles. The number of nitrogens with one attached hydrogen (secondary N) is 1. The highest BCUT2D eigenvalue weighted by molar-refractivity contribution is 5.75. The van der Waals surface area contributed by atoms with Gasteiger partial charge in [-0.15, -0.1) is 0 Å². The van der Waals surface area contributed by atoms with E-state index in [1.807, 2.05) is 13.8 Å². The summed E-state index contributed by atoms with van der Waals surface area (Å²) in [6.45, 7) is 6.58. The van der Waals surface area contributed by atoms with Crippen LogP contribution in [0.2, 0.25) is 0 Å². The molecule has 1 N–H and O–H groups in total. The lowest BCUT2D eigenvalue weighted by Crippen LogP contribution is -2.54. The molecule has 1 fully saturated rings. The maximum atomic E-state index is 14.3. The number of carbonyl (C=O) groups is 1. The van der Waals surface area contributed by atoms with Crippen LogP contribution in [-0.4, -0.2) is 50.4 Å². The summed E-state index contributed by atoms with van der Waals surface area (Å²) in [5, 5.41) is 2.84. The predicted octanol–water partition coefficient (Wildman–Crippen LogP) is 2.72. The maximum absolute atomic E-state index is 14.3. The molecule has 1 heterocycles. The number of methoxy groups -OCH3 is 2. The highest BCUT2D eigenvalue weighted by Gasteiger charge is 2.29. The van der Waals surface area contributed by atoms with Crippen molar-refractivity contribution >= 4 is 6.03 Å². The van der Waals surface area contributed by atoms with E-state index >= 15 is 0 Å². The summed E-state index contributed by atoms with van der Waals surface area (Å²) < 4.78 is 30.1. The highest BCUT2D eigenvalue weighted by Crippen LogP contribution is 2.32. The van der Waals surface area contributed by atoms with Crippen LogP contribution >= 0.6 is 0 Å². The predicted molar refractivity (Wildman–Crippen MR) is 88.0 cm³/mol. The molecule has 6 nitrogen and oxygen atoms in total. The molecule has 0 radical (unpaired) electrons. The second-order valence-electron chi connectivity index (χ2n) is 6.05. The van der Waals surface area contributed by atoms with Crippen LogP contribution in [0.5, 0.6) is 11.5 Å². The molecule has 0 aliphatic carbocycles. The fourth-order valence-corrected chi connectivity index (χ4v) is 2.73. The Kier molecular flexibility index (Phi) is 5.88. The van der Waals surface area contributed by atoms with Gasteiger partial charge in [0.2, 0.25) is 0 Å². The summed E-state index contributed by atoms with van der Waals surface area (Å²) in [6.07, 6.45) is -0.0138. The Morgan fingerprint density at radius 2 is 1.96 bits per heavy atom. The second kappa shape index (κ2) is 7.70. The average Bonchev–Trinajstić information content (AvgIpc) is 2.56. The van der Waals surface area contributed by atoms with Crippen molar-refractivity contribution < 1.29 is 23.4 Å². The number of halogens is 1. The van der Waals surface area contributed by atoms with Gasteiger partial charge in [-0.1, -0.05) is 0 Å². The van der Waals surface area contributed by atoms with Crippen molar-refractivity contribution in [2.24, 2.45) is 0 Å². The van der Waals surface area contributed by atoms with Gasteiger partial charge in [0.1, 0.15) is 5.82 Å². The fraction of sp³-hybridized carbons (Fsp3) is 0.588. The number of rotatable bonds is 4. The van der Waals surface area contributed by atoms with Crippen LogP contribution in [0.4, 0.5) is 9.18 Å². The number of hydrogen-bond donors (Lipinski definition) is 1. The molecule has 3 atom stereocenters. The van der Waals surface area contributed by atoms with Crippen LogP contribution in [0.25, 0.3) is 0 Å². The van der Waals surface area contributed by atoms with E-state index in [-0.39, 0.29) is 18.2 Å². The zero-order valence-electron chi connectivity index (χ0n) is 14.8. The molecule has 2 rings (SSSR count). The van der Waals surface area contributed by atoms with E-state index in [0.29, 0.717) is 30.2 Å². The van der Waals surface area contributed by atoms with Crippen LogP contribution in [-0.2, 0) is 4.74 Å². The lowest BCUT2D eigenvalue weighted by molar-refractivity contribution is -0.0320. The van der Waals surface area contributed by atoms with Crippen LogP contribution in [0.3, 0.4) is 0 Å². The Labute approximate surface area is 141 Å². The molecule has 0 unspecified atom stereocenters. The van der Waals surface area contributed by atoms with Crippen molar-refractivity contribution in [3.63, 3.8) is 0 Å². The number of ether oxygens (including phenoxy) is 3. The molecule has 2 amide bonds. The average molecular weight is 340 g/mol. The van der Waals surface area contributed by atoms with Crippen LogP contribution in [0.15, 0.2) is 12.1 Å². The molecule has 134 valence electrons. The fourth-order valence-electron chi connectivity index (χ4n) is 2.73. The van der Waals surface area contributed by atoms with E-state index in [1.54, 1.807) is 17.9 Å². The van der Waals surface area contributed by atoms with Crippen molar-refractivity contribution in [1.82, 2.24) is 10.2 Å². The van der Waals surface area contributed by atoms with Gasteiger partial charge in [-0.05, 0) is 26.8 Å². The highest BCUT2D eigenvalue weighted by atomic mass is 19.1. The minimum atomic E-state index is -0.511. The zero-order valence-corrected chi connectivity index (χ0v) is 14.8. The maximum Gasteiger partial charge on any atom is 0.318 e. The lowest BCUT2D eigenvalue weighted by Gasteiger charge is -2.37. The van der Waals surface area contributed by atoms with E-state index in [0.717, 1.165) is 0 Å². The van der Waals surface area contributed by atoms with E-state index in [1.165, 1.54) is 20.3 Å². The molecule has 1 aromatic carbocycles. The van der Waals surface area contributed by atoms with Gasteiger partial charge in [-0.2, -0.15) is 0 Å². The minimum absolute atomic E-state index is 0.0138. The molecule has 0 aromatic heterocycles. The third-order valence-corrected chi connectivity index (χ3v) is 4.18. The topological polar surface area (TPSA) is 60.0 Å². The van der Waals surface area contributed by atoms with Crippen molar-refractivity contribution in [3.05, 3.63) is 23.5 Å². The van der Waals surface area contributed by atoms with Gasteiger partial charge >= 0.3 is 6.03 Å². The molecule has 1 aromatic rings. The van der Waals surface area contributed by atoms with Crippen LogP contribution in [0.1, 0.15) is 32.4 Å². The molecular weight excluding hydrogens is 315 g/mol. The van der Waals surface area contributed by atoms with E-state index < -0.39 is 11.9 Å². The lowest BCUT2D eigenvalue weighted by atomic mass is 10.1. The third kappa shape index (κ3) is 3.90. The van der Waals surface area contributed by atoms with Crippen molar-refractivity contribution in [2.45, 2.75) is 39.0 Å². The van der Waals surface area contributed by atoms with Crippen molar-refractivity contribution in [2.75, 3.05) is 27.4 Å². The molecule has 0 saturated carbocycles. The smallest absolute Gasteiger partial charge is 0.318 e. The number of carbonyl (C=O) groups excluding carboxylic acids is 1. The summed E-state index contributed by atoms with van der Waals surface area (Å²) in [6, 6.07) is 2.03. The van der Waals surface area contributed by atoms with Crippen molar-refractivity contribution in [1.29, 1.82) is 0 Å². The summed E-state index contributed by atoms with van der Waals surface area (Å²) >= 11 is 0. The molecule has 7 heteroatoms. The van der Waals surface area contributed by atoms with E-state index in [9.17, 15) is 9.18 Å². The Bertz CT molecular complexity index is 596. The first-order valence-electron chi connectivity index (χ1n) is 7.97. The first-order valence-corrected chi connectivity index (χ1v) is 7.97. The quantitative estimate of drug-likeness (QED) is 0.915. The largest absolute Gasteiger partial charge is 0.493 e. The first kappa shape index (κ1) is 18.3. The Balaban J connectivity index is 2.14. The standard InChI is InChI=1S/C17H25FN2O4/c1-10-9-24-11(2)8-20(10)17(21)19-12(3)13-6-15(22-4)16(23-5)7-14(13)18/h6-7,10-12H,8-9H2,1-5H3,(H,19,21)/t10-,11+,12-/m0/s1. The van der Waals surface area contributed by atoms with Gasteiger partial charge in [-0.3, -0.25) is 0 Å². The molecule has 0 bridgehead atoms. The van der Waals surface area contributed by atoms with Crippen LogP contribution < -0.4 is 14.8 Å². The van der Waals surface area contributed by atoms with Gasteiger partial charge < -0.3 is 24.4 Å². The number of hydrogen-bond acceptors (Lipinski definition) is 4. The van der Waals surface area contributed by atoms with Gasteiger partial charge in [0, 0.05) is 18.2 Å². The number of urea groups is 1. The second-order valence-corrected chi connectivity index (χ2v) is 6.05. The minimum Gasteiger partial charge on any atom is -0.493 e. The Hall–Kier alpha value is -2.02. The molecule has 24 heavy (non-hydrogen) atoms. The van der Waals surface area contributed by atoms with Gasteiger partial charge in [-0.25, -0.2) is 9.18 Å². The Morgan fingerprint density at radius 3 is 2.58 bits per heavy atom. The summed E-state index contributed by atoms with van der Waals surface area (Å²) in [5.74, 6) is 0.278. The van der Waals surface area contributed by atoms with Gasteiger partial charge in [0.05, 0.1) is 39.0 Å². The summed E-state index contributed by atoms with van der Waals surface area (Å²) in [7, 11) is 2.93. The zero-order chi connectivity index (χ0) is 17.9. The molecule has 0 spiro atoms. The third-order valence-electron chi connectivity index (χ3n) is 4.18. The summed E-state index contributed by atoms with van der Waals surface area (Å²) in [4.78, 5) is 14.2. The SMILES string of the molecule is COc1cc(F)c([C@H](C)NC(=O)N2C[C@@H](C)OC[C@@H]2C)cc1OC. The summed E-state index contributed by atoms with van der Waals surface area (Å²) in [5.41, 5.74) is 0.343. The molecular formula is C17H25FN2O4. The van der Waals surface area contributed by atoms with Crippen molar-refractivity contribution in [3.8, 4) is 11.5 Å². The number of benzene rings is 1. The van der Waals surface area contributed by atoms with E-state index in [4.69, 9.17) is 14.2 Å². The number of morpholine rings is 1. The van der Waals surface area contributed by atoms with Crippen LogP contribution in [0, 0.1) is 5.82 Å². The normalized spacial score (nSPS) is 22.0. The monoisotopic (exact) mass is 340 g/mol. The van der Waals surface area contributed by atoms with Gasteiger partial charge in [0.25, 0.3) is 0 Å².